The average molecular weight is 244 g/mol. The first-order valence-electron chi connectivity index (χ1n) is 5.82. The molecule has 2 aromatic rings. The molecule has 4 nitrogen and oxygen atoms in total. The van der Waals surface area contributed by atoms with Crippen molar-refractivity contribution in [1.29, 1.82) is 0 Å². The zero-order valence-corrected chi connectivity index (χ0v) is 10.2. The number of anilines is 1. The van der Waals surface area contributed by atoms with E-state index in [1.54, 1.807) is 24.5 Å². The number of furan rings is 1. The number of carbonyl (C=O) groups is 1. The highest BCUT2D eigenvalue weighted by Crippen LogP contribution is 2.13. The molecule has 1 aromatic carbocycles. The van der Waals surface area contributed by atoms with Crippen molar-refractivity contribution >= 4 is 11.6 Å². The Balaban J connectivity index is 1.91. The third-order valence-corrected chi connectivity index (χ3v) is 2.69. The van der Waals surface area contributed by atoms with Gasteiger partial charge in [0, 0.05) is 5.69 Å². The van der Waals surface area contributed by atoms with Gasteiger partial charge in [0.15, 0.2) is 0 Å². The van der Waals surface area contributed by atoms with Crippen LogP contribution in [0.2, 0.25) is 0 Å². The van der Waals surface area contributed by atoms with Crippen molar-refractivity contribution in [3.63, 3.8) is 0 Å². The maximum Gasteiger partial charge on any atom is 0.224 e. The fourth-order valence-electron chi connectivity index (χ4n) is 1.72. The number of hydrogen-bond donors (Lipinski definition) is 2. The van der Waals surface area contributed by atoms with Crippen molar-refractivity contribution in [3.05, 3.63) is 54.0 Å². The Labute approximate surface area is 106 Å². The number of carbonyl (C=O) groups excluding carboxylic acids is 1. The van der Waals surface area contributed by atoms with E-state index in [1.165, 1.54) is 0 Å². The summed E-state index contributed by atoms with van der Waals surface area (Å²) in [7, 11) is 0. The molecule has 3 N–H and O–H groups in total. The zero-order valence-electron chi connectivity index (χ0n) is 10.2. The lowest BCUT2D eigenvalue weighted by molar-refractivity contribution is -0.121. The van der Waals surface area contributed by atoms with Crippen LogP contribution in [0.1, 0.15) is 24.3 Å². The fourth-order valence-corrected chi connectivity index (χ4v) is 1.72. The predicted molar refractivity (Wildman–Crippen MR) is 69.8 cm³/mol. The quantitative estimate of drug-likeness (QED) is 0.811. The number of rotatable bonds is 4. The SMILES string of the molecule is C[C@@H](NC(=O)Cc1ccc(N)cc1)c1ccco1. The highest BCUT2D eigenvalue weighted by molar-refractivity contribution is 5.79. The second-order valence-electron chi connectivity index (χ2n) is 4.22. The number of amides is 1. The molecule has 0 radical (unpaired) electrons. The fraction of sp³-hybridized carbons (Fsp3) is 0.214. The topological polar surface area (TPSA) is 68.3 Å². The lowest BCUT2D eigenvalue weighted by atomic mass is 10.1. The molecule has 4 heteroatoms. The number of nitrogens with one attached hydrogen (secondary N) is 1. The van der Waals surface area contributed by atoms with Gasteiger partial charge in [-0.15, -0.1) is 0 Å². The minimum absolute atomic E-state index is 0.0383. The number of benzene rings is 1. The molecule has 94 valence electrons. The Bertz CT molecular complexity index is 503. The Morgan fingerprint density at radius 3 is 2.67 bits per heavy atom. The average Bonchev–Trinajstić information content (AvgIpc) is 2.85. The van der Waals surface area contributed by atoms with E-state index < -0.39 is 0 Å². The van der Waals surface area contributed by atoms with E-state index in [-0.39, 0.29) is 11.9 Å². The van der Waals surface area contributed by atoms with Crippen LogP contribution in [0.4, 0.5) is 5.69 Å². The summed E-state index contributed by atoms with van der Waals surface area (Å²) in [4.78, 5) is 11.8. The van der Waals surface area contributed by atoms with Gasteiger partial charge >= 0.3 is 0 Å². The van der Waals surface area contributed by atoms with Gasteiger partial charge in [0.25, 0.3) is 0 Å². The molecule has 0 aliphatic carbocycles. The van der Waals surface area contributed by atoms with Crippen LogP contribution in [0.5, 0.6) is 0 Å². The summed E-state index contributed by atoms with van der Waals surface area (Å²) in [6.45, 7) is 1.89. The first kappa shape index (κ1) is 12.2. The Morgan fingerprint density at radius 2 is 2.06 bits per heavy atom. The molecule has 1 amide bonds. The van der Waals surface area contributed by atoms with Crippen molar-refractivity contribution in [3.8, 4) is 0 Å². The smallest absolute Gasteiger partial charge is 0.224 e. The summed E-state index contributed by atoms with van der Waals surface area (Å²) in [5.41, 5.74) is 7.23. The second-order valence-corrected chi connectivity index (χ2v) is 4.22. The van der Waals surface area contributed by atoms with Crippen molar-refractivity contribution in [2.24, 2.45) is 0 Å². The molecule has 0 aliphatic heterocycles. The molecular formula is C14H16N2O2. The summed E-state index contributed by atoms with van der Waals surface area (Å²) in [5, 5.41) is 2.88. The monoisotopic (exact) mass is 244 g/mol. The van der Waals surface area contributed by atoms with Gasteiger partial charge in [0.2, 0.25) is 5.91 Å². The van der Waals surface area contributed by atoms with Gasteiger partial charge in [-0.05, 0) is 36.8 Å². The molecule has 0 saturated heterocycles. The lowest BCUT2D eigenvalue weighted by Crippen LogP contribution is -2.27. The van der Waals surface area contributed by atoms with Crippen molar-refractivity contribution in [2.75, 3.05) is 5.73 Å². The van der Waals surface area contributed by atoms with E-state index in [1.807, 2.05) is 25.1 Å². The van der Waals surface area contributed by atoms with Crippen molar-refractivity contribution in [2.45, 2.75) is 19.4 Å². The molecule has 18 heavy (non-hydrogen) atoms. The van der Waals surface area contributed by atoms with Crippen LogP contribution in [0, 0.1) is 0 Å². The van der Waals surface area contributed by atoms with Crippen LogP contribution in [-0.4, -0.2) is 5.91 Å². The normalized spacial score (nSPS) is 12.1. The Morgan fingerprint density at radius 1 is 1.33 bits per heavy atom. The molecule has 2 rings (SSSR count). The van der Waals surface area contributed by atoms with E-state index in [2.05, 4.69) is 5.32 Å². The molecular weight excluding hydrogens is 228 g/mol. The van der Waals surface area contributed by atoms with E-state index in [4.69, 9.17) is 10.2 Å². The zero-order chi connectivity index (χ0) is 13.0. The standard InChI is InChI=1S/C14H16N2O2/c1-10(13-3-2-8-18-13)16-14(17)9-11-4-6-12(15)7-5-11/h2-8,10H,9,15H2,1H3,(H,16,17)/t10-/m1/s1. The van der Waals surface area contributed by atoms with Crippen LogP contribution in [0.15, 0.2) is 47.1 Å². The Kier molecular flexibility index (Phi) is 3.67. The van der Waals surface area contributed by atoms with Gasteiger partial charge in [-0.1, -0.05) is 12.1 Å². The lowest BCUT2D eigenvalue weighted by Gasteiger charge is -2.11. The van der Waals surface area contributed by atoms with Gasteiger partial charge in [0.1, 0.15) is 5.76 Å². The third-order valence-electron chi connectivity index (χ3n) is 2.69. The van der Waals surface area contributed by atoms with Gasteiger partial charge in [-0.3, -0.25) is 4.79 Å². The third kappa shape index (κ3) is 3.13. The van der Waals surface area contributed by atoms with E-state index in [0.717, 1.165) is 11.3 Å². The van der Waals surface area contributed by atoms with E-state index in [9.17, 15) is 4.79 Å². The summed E-state index contributed by atoms with van der Waals surface area (Å²) < 4.78 is 5.23. The second kappa shape index (κ2) is 5.40. The molecule has 1 aromatic heterocycles. The number of nitrogens with two attached hydrogens (primary N) is 1. The van der Waals surface area contributed by atoms with E-state index in [0.29, 0.717) is 12.1 Å². The largest absolute Gasteiger partial charge is 0.467 e. The van der Waals surface area contributed by atoms with Gasteiger partial charge in [-0.25, -0.2) is 0 Å². The van der Waals surface area contributed by atoms with Crippen molar-refractivity contribution < 1.29 is 9.21 Å². The maximum absolute atomic E-state index is 11.8. The Hall–Kier alpha value is -2.23. The molecule has 1 heterocycles. The first-order chi connectivity index (χ1) is 8.65. The van der Waals surface area contributed by atoms with Gasteiger partial charge in [0.05, 0.1) is 18.7 Å². The molecule has 0 saturated carbocycles. The van der Waals surface area contributed by atoms with Crippen molar-refractivity contribution in [1.82, 2.24) is 5.32 Å². The summed E-state index contributed by atoms with van der Waals surface area (Å²) >= 11 is 0. The highest BCUT2D eigenvalue weighted by atomic mass is 16.3. The molecule has 0 fully saturated rings. The molecule has 0 aliphatic rings. The van der Waals surface area contributed by atoms with Crippen LogP contribution < -0.4 is 11.1 Å². The van der Waals surface area contributed by atoms with Gasteiger partial charge < -0.3 is 15.5 Å². The first-order valence-corrected chi connectivity index (χ1v) is 5.82. The van der Waals surface area contributed by atoms with Crippen LogP contribution in [0.3, 0.4) is 0 Å². The van der Waals surface area contributed by atoms with Crippen LogP contribution >= 0.6 is 0 Å². The molecule has 0 unspecified atom stereocenters. The molecule has 0 spiro atoms. The van der Waals surface area contributed by atoms with E-state index >= 15 is 0 Å². The maximum atomic E-state index is 11.8. The molecule has 0 bridgehead atoms. The van der Waals surface area contributed by atoms with Crippen LogP contribution in [-0.2, 0) is 11.2 Å². The summed E-state index contributed by atoms with van der Waals surface area (Å²) in [6.07, 6.45) is 1.93. The number of nitrogen functional groups attached to an aromatic ring is 1. The minimum atomic E-state index is -0.124. The summed E-state index contributed by atoms with van der Waals surface area (Å²) in [5.74, 6) is 0.712. The van der Waals surface area contributed by atoms with Crippen LogP contribution in [0.25, 0.3) is 0 Å². The molecule has 1 atom stereocenters. The predicted octanol–water partition coefficient (Wildman–Crippen LogP) is 2.28. The number of hydrogen-bond acceptors (Lipinski definition) is 3. The minimum Gasteiger partial charge on any atom is -0.467 e. The summed E-state index contributed by atoms with van der Waals surface area (Å²) in [6, 6.07) is 10.8. The highest BCUT2D eigenvalue weighted by Gasteiger charge is 2.11. The van der Waals surface area contributed by atoms with Gasteiger partial charge in [-0.2, -0.15) is 0 Å².